The molecule has 0 saturated carbocycles. The number of carbonyl (C=O) groups excluding carboxylic acids is 2. The van der Waals surface area contributed by atoms with Crippen molar-refractivity contribution in [1.82, 2.24) is 4.57 Å². The van der Waals surface area contributed by atoms with Gasteiger partial charge in [0.1, 0.15) is 6.54 Å². The number of nitrogens with one attached hydrogen (secondary N) is 1. The van der Waals surface area contributed by atoms with Gasteiger partial charge in [-0.2, -0.15) is 4.99 Å². The van der Waals surface area contributed by atoms with Gasteiger partial charge in [0.15, 0.2) is 4.80 Å². The molecule has 4 aromatic rings. The average Bonchev–Trinajstić information content (AvgIpc) is 3.15. The third-order valence-electron chi connectivity index (χ3n) is 5.34. The first-order chi connectivity index (χ1) is 17.2. The summed E-state index contributed by atoms with van der Waals surface area (Å²) in [5.74, 6) is -0.930. The van der Waals surface area contributed by atoms with Gasteiger partial charge in [-0.05, 0) is 74.9 Å². The van der Waals surface area contributed by atoms with E-state index < -0.39 is 21.9 Å². The maximum Gasteiger partial charge on any atom is 0.326 e. The lowest BCUT2D eigenvalue weighted by Gasteiger charge is -2.08. The van der Waals surface area contributed by atoms with Gasteiger partial charge >= 0.3 is 5.97 Å². The fourth-order valence-electron chi connectivity index (χ4n) is 3.52. The fraction of sp³-hybridized carbons (Fsp3) is 0.192. The van der Waals surface area contributed by atoms with E-state index >= 15 is 0 Å². The second-order valence-corrected chi connectivity index (χ2v) is 10.9. The molecular weight excluding hydrogens is 498 g/mol. The van der Waals surface area contributed by atoms with Crippen molar-refractivity contribution < 1.29 is 22.7 Å². The SMILES string of the molecule is CCOC(=O)Cn1c(=NC(=O)c2ccc(NS(=O)(=O)c3ccc(C)cc3)cc2)sc2cc(C)ccc21. The summed E-state index contributed by atoms with van der Waals surface area (Å²) < 4.78 is 35.4. The van der Waals surface area contributed by atoms with Crippen LogP contribution in [0.15, 0.2) is 76.6 Å². The van der Waals surface area contributed by atoms with Gasteiger partial charge in [0.05, 0.1) is 21.7 Å². The summed E-state index contributed by atoms with van der Waals surface area (Å²) in [6.45, 7) is 5.76. The molecule has 0 atom stereocenters. The number of aryl methyl sites for hydroxylation is 2. The Hall–Kier alpha value is -3.76. The monoisotopic (exact) mass is 523 g/mol. The number of benzene rings is 3. The number of sulfonamides is 1. The van der Waals surface area contributed by atoms with Crippen molar-refractivity contribution in [1.29, 1.82) is 0 Å². The third kappa shape index (κ3) is 5.72. The number of nitrogens with zero attached hydrogens (tertiary/aromatic N) is 2. The van der Waals surface area contributed by atoms with Crippen LogP contribution in [0, 0.1) is 13.8 Å². The van der Waals surface area contributed by atoms with Crippen molar-refractivity contribution >= 4 is 49.1 Å². The molecule has 1 aromatic heterocycles. The number of anilines is 1. The molecule has 1 N–H and O–H groups in total. The molecule has 10 heteroatoms. The van der Waals surface area contributed by atoms with Gasteiger partial charge in [0, 0.05) is 11.3 Å². The quantitative estimate of drug-likeness (QED) is 0.361. The molecule has 0 aliphatic heterocycles. The number of amides is 1. The summed E-state index contributed by atoms with van der Waals surface area (Å²) in [5.41, 5.74) is 3.39. The molecule has 1 amide bonds. The number of ether oxygens (including phenoxy) is 1. The minimum Gasteiger partial charge on any atom is -0.465 e. The van der Waals surface area contributed by atoms with Crippen LogP contribution in [-0.4, -0.2) is 31.5 Å². The highest BCUT2D eigenvalue weighted by atomic mass is 32.2. The molecular formula is C26H25N3O5S2. The van der Waals surface area contributed by atoms with Gasteiger partial charge in [-0.25, -0.2) is 8.42 Å². The normalized spacial score (nSPS) is 12.0. The summed E-state index contributed by atoms with van der Waals surface area (Å²) in [7, 11) is -3.76. The van der Waals surface area contributed by atoms with Gasteiger partial charge in [-0.1, -0.05) is 35.1 Å². The molecule has 0 aliphatic carbocycles. The lowest BCUT2D eigenvalue weighted by molar-refractivity contribution is -0.143. The Balaban J connectivity index is 1.61. The Bertz CT molecular complexity index is 1600. The van der Waals surface area contributed by atoms with Crippen molar-refractivity contribution in [3.05, 3.63) is 88.2 Å². The largest absolute Gasteiger partial charge is 0.465 e. The zero-order valence-corrected chi connectivity index (χ0v) is 21.7. The summed E-state index contributed by atoms with van der Waals surface area (Å²) in [5, 5.41) is 0. The third-order valence-corrected chi connectivity index (χ3v) is 7.78. The van der Waals surface area contributed by atoms with Crippen LogP contribution in [0.4, 0.5) is 5.69 Å². The van der Waals surface area contributed by atoms with Crippen LogP contribution >= 0.6 is 11.3 Å². The van der Waals surface area contributed by atoms with Crippen molar-refractivity contribution in [3.8, 4) is 0 Å². The van der Waals surface area contributed by atoms with Crippen LogP contribution in [0.5, 0.6) is 0 Å². The van der Waals surface area contributed by atoms with Crippen molar-refractivity contribution in [2.24, 2.45) is 4.99 Å². The van der Waals surface area contributed by atoms with Gasteiger partial charge in [-0.15, -0.1) is 0 Å². The van der Waals surface area contributed by atoms with Crippen molar-refractivity contribution in [3.63, 3.8) is 0 Å². The summed E-state index contributed by atoms with van der Waals surface area (Å²) >= 11 is 1.31. The Labute approximate surface area is 212 Å². The van der Waals surface area contributed by atoms with Crippen LogP contribution in [0.25, 0.3) is 10.2 Å². The van der Waals surface area contributed by atoms with Crippen LogP contribution in [-0.2, 0) is 26.1 Å². The molecule has 0 fully saturated rings. The average molecular weight is 524 g/mol. The Morgan fingerprint density at radius 3 is 2.31 bits per heavy atom. The fourth-order valence-corrected chi connectivity index (χ4v) is 5.70. The first-order valence-corrected chi connectivity index (χ1v) is 13.5. The lowest BCUT2D eigenvalue weighted by atomic mass is 10.2. The van der Waals surface area contributed by atoms with Gasteiger partial charge < -0.3 is 9.30 Å². The van der Waals surface area contributed by atoms with E-state index in [1.165, 1.54) is 47.7 Å². The van der Waals surface area contributed by atoms with Gasteiger partial charge in [0.25, 0.3) is 15.9 Å². The minimum atomic E-state index is -3.76. The number of aromatic nitrogens is 1. The van der Waals surface area contributed by atoms with E-state index in [0.717, 1.165) is 21.3 Å². The van der Waals surface area contributed by atoms with Crippen molar-refractivity contribution in [2.45, 2.75) is 32.2 Å². The van der Waals surface area contributed by atoms with Crippen molar-refractivity contribution in [2.75, 3.05) is 11.3 Å². The van der Waals surface area contributed by atoms with Gasteiger partial charge in [0.2, 0.25) is 0 Å². The molecule has 36 heavy (non-hydrogen) atoms. The predicted octanol–water partition coefficient (Wildman–Crippen LogP) is 4.42. The molecule has 0 radical (unpaired) electrons. The Morgan fingerprint density at radius 1 is 0.972 bits per heavy atom. The van der Waals surface area contributed by atoms with E-state index in [2.05, 4.69) is 9.71 Å². The van der Waals surface area contributed by atoms with E-state index in [4.69, 9.17) is 4.74 Å². The zero-order chi connectivity index (χ0) is 25.9. The number of thiazole rings is 1. The second kappa shape index (κ2) is 10.5. The molecule has 0 saturated heterocycles. The summed E-state index contributed by atoms with van der Waals surface area (Å²) in [4.78, 5) is 29.9. The van der Waals surface area contributed by atoms with Gasteiger partial charge in [-0.3, -0.25) is 14.3 Å². The number of carbonyl (C=O) groups is 2. The van der Waals surface area contributed by atoms with E-state index in [-0.39, 0.29) is 23.6 Å². The molecule has 4 rings (SSSR count). The molecule has 0 aliphatic rings. The Morgan fingerprint density at radius 2 is 1.64 bits per heavy atom. The molecule has 0 spiro atoms. The first kappa shape index (κ1) is 25.3. The summed E-state index contributed by atoms with van der Waals surface area (Å²) in [6, 6.07) is 18.3. The van der Waals surface area contributed by atoms with Crippen LogP contribution in [0.1, 0.15) is 28.4 Å². The highest BCUT2D eigenvalue weighted by Gasteiger charge is 2.15. The number of fused-ring (bicyclic) bond motifs is 1. The van der Waals surface area contributed by atoms with Crippen LogP contribution in [0.3, 0.4) is 0 Å². The lowest BCUT2D eigenvalue weighted by Crippen LogP contribution is -2.23. The highest BCUT2D eigenvalue weighted by molar-refractivity contribution is 7.92. The van der Waals surface area contributed by atoms with E-state index in [1.807, 2.05) is 32.0 Å². The van der Waals surface area contributed by atoms with E-state index in [0.29, 0.717) is 10.5 Å². The van der Waals surface area contributed by atoms with Crippen LogP contribution < -0.4 is 9.52 Å². The standard InChI is InChI=1S/C26H25N3O5S2/c1-4-34-24(30)16-29-22-14-7-18(3)15-23(22)35-26(29)27-25(31)19-8-10-20(11-9-19)28-36(32,33)21-12-5-17(2)6-13-21/h5-15,28H,4,16H2,1-3H3. The topological polar surface area (TPSA) is 107 Å². The zero-order valence-electron chi connectivity index (χ0n) is 20.0. The summed E-state index contributed by atoms with van der Waals surface area (Å²) in [6.07, 6.45) is 0. The second-order valence-electron chi connectivity index (χ2n) is 8.16. The maximum atomic E-state index is 12.9. The van der Waals surface area contributed by atoms with E-state index in [1.54, 1.807) is 23.6 Å². The molecule has 8 nitrogen and oxygen atoms in total. The number of hydrogen-bond donors (Lipinski definition) is 1. The first-order valence-electron chi connectivity index (χ1n) is 11.2. The number of rotatable bonds is 7. The minimum absolute atomic E-state index is 0.0667. The Kier molecular flexibility index (Phi) is 7.37. The highest BCUT2D eigenvalue weighted by Crippen LogP contribution is 2.20. The number of hydrogen-bond acceptors (Lipinski definition) is 6. The van der Waals surface area contributed by atoms with E-state index in [9.17, 15) is 18.0 Å². The van der Waals surface area contributed by atoms with Crippen LogP contribution in [0.2, 0.25) is 0 Å². The molecule has 1 heterocycles. The predicted molar refractivity (Wildman–Crippen MR) is 140 cm³/mol. The molecule has 3 aromatic carbocycles. The molecule has 0 unspecified atom stereocenters. The maximum absolute atomic E-state index is 12.9. The smallest absolute Gasteiger partial charge is 0.326 e. The molecule has 0 bridgehead atoms. The molecule has 186 valence electrons. The number of esters is 1.